The van der Waals surface area contributed by atoms with E-state index in [-0.39, 0.29) is 34.5 Å². The molecule has 1 aliphatic rings. The molecule has 1 fully saturated rings. The van der Waals surface area contributed by atoms with Gasteiger partial charge < -0.3 is 8.92 Å². The van der Waals surface area contributed by atoms with Gasteiger partial charge in [0.1, 0.15) is 4.90 Å². The van der Waals surface area contributed by atoms with Crippen molar-refractivity contribution < 1.29 is 26.9 Å². The average molecular weight is 564 g/mol. The highest BCUT2D eigenvalue weighted by Crippen LogP contribution is 2.36. The number of halogens is 2. The van der Waals surface area contributed by atoms with Gasteiger partial charge in [-0.2, -0.15) is 8.42 Å². The number of hydrogen-bond donors (Lipinski definition) is 0. The first-order chi connectivity index (χ1) is 17.2. The van der Waals surface area contributed by atoms with Crippen molar-refractivity contribution >= 4 is 62.3 Å². The number of thioether (sulfide) groups is 1. The summed E-state index contributed by atoms with van der Waals surface area (Å²) >= 11 is 12.8. The first kappa shape index (κ1) is 26.1. The summed E-state index contributed by atoms with van der Waals surface area (Å²) in [5.41, 5.74) is 1.18. The Labute approximate surface area is 222 Å². The van der Waals surface area contributed by atoms with E-state index >= 15 is 0 Å². The van der Waals surface area contributed by atoms with Crippen LogP contribution in [0.3, 0.4) is 0 Å². The molecule has 0 unspecified atom stereocenters. The molecular weight excluding hydrogens is 545 g/mol. The zero-order valence-corrected chi connectivity index (χ0v) is 22.0. The predicted octanol–water partition coefficient (Wildman–Crippen LogP) is 6.40. The van der Waals surface area contributed by atoms with Crippen LogP contribution < -0.4 is 8.92 Å². The van der Waals surface area contributed by atoms with E-state index in [1.165, 1.54) is 42.5 Å². The van der Waals surface area contributed by atoms with Crippen molar-refractivity contribution in [3.63, 3.8) is 0 Å². The van der Waals surface area contributed by atoms with Gasteiger partial charge >= 0.3 is 10.1 Å². The lowest BCUT2D eigenvalue weighted by molar-refractivity contribution is -0.123. The molecule has 2 amide bonds. The molecule has 0 N–H and O–H groups in total. The SMILES string of the molecule is CCOc1cc(/C=C2\SC(=O)N(Cc3ccccc3Cl)C2=O)ccc1OS(=O)(=O)c1ccc(Cl)cc1. The predicted molar refractivity (Wildman–Crippen MR) is 140 cm³/mol. The minimum atomic E-state index is -4.14. The third-order valence-corrected chi connectivity index (χ3v) is 7.80. The maximum Gasteiger partial charge on any atom is 0.339 e. The highest BCUT2D eigenvalue weighted by atomic mass is 35.5. The number of imide groups is 1. The molecule has 1 aliphatic heterocycles. The molecule has 36 heavy (non-hydrogen) atoms. The Morgan fingerprint density at radius 3 is 2.39 bits per heavy atom. The van der Waals surface area contributed by atoms with Crippen molar-refractivity contribution in [2.45, 2.75) is 18.4 Å². The van der Waals surface area contributed by atoms with Crippen molar-refractivity contribution in [1.29, 1.82) is 0 Å². The molecule has 1 heterocycles. The topological polar surface area (TPSA) is 90.0 Å². The van der Waals surface area contributed by atoms with Crippen LogP contribution in [0.25, 0.3) is 6.08 Å². The van der Waals surface area contributed by atoms with E-state index < -0.39 is 21.3 Å². The molecule has 0 spiro atoms. The van der Waals surface area contributed by atoms with Crippen LogP contribution in [0.4, 0.5) is 4.79 Å². The number of nitrogens with zero attached hydrogens (tertiary/aromatic N) is 1. The van der Waals surface area contributed by atoms with Crippen LogP contribution in [0.1, 0.15) is 18.1 Å². The summed E-state index contributed by atoms with van der Waals surface area (Å²) in [5.74, 6) is -0.302. The van der Waals surface area contributed by atoms with Crippen molar-refractivity contribution in [1.82, 2.24) is 4.90 Å². The number of rotatable bonds is 8. The molecule has 7 nitrogen and oxygen atoms in total. The van der Waals surface area contributed by atoms with E-state index in [0.717, 1.165) is 16.7 Å². The fraction of sp³-hybridized carbons (Fsp3) is 0.120. The third kappa shape index (κ3) is 5.87. The molecule has 1 saturated heterocycles. The standard InChI is InChI=1S/C25H19Cl2NO6S2/c1-2-33-22-13-16(7-12-21(22)34-36(31,32)19-10-8-18(26)9-11-19)14-23-24(29)28(25(30)35-23)15-17-5-3-4-6-20(17)27/h3-14H,2,15H2,1H3/b23-14-. The summed E-state index contributed by atoms with van der Waals surface area (Å²) in [7, 11) is -4.14. The first-order valence-corrected chi connectivity index (χ1v) is 13.6. The number of hydrogen-bond acceptors (Lipinski definition) is 7. The third-order valence-electron chi connectivity index (χ3n) is 5.03. The van der Waals surface area contributed by atoms with Gasteiger partial charge in [0.25, 0.3) is 11.1 Å². The Morgan fingerprint density at radius 1 is 0.972 bits per heavy atom. The van der Waals surface area contributed by atoms with Gasteiger partial charge in [-0.15, -0.1) is 0 Å². The zero-order valence-electron chi connectivity index (χ0n) is 18.8. The second-order valence-corrected chi connectivity index (χ2v) is 10.9. The smallest absolute Gasteiger partial charge is 0.339 e. The normalized spacial score (nSPS) is 15.0. The lowest BCUT2D eigenvalue weighted by Gasteiger charge is -2.13. The maximum absolute atomic E-state index is 12.9. The van der Waals surface area contributed by atoms with Crippen LogP contribution in [-0.4, -0.2) is 31.1 Å². The average Bonchev–Trinajstić information content (AvgIpc) is 3.09. The Hall–Kier alpha value is -2.98. The van der Waals surface area contributed by atoms with Gasteiger partial charge in [0.05, 0.1) is 18.1 Å². The molecule has 0 aromatic heterocycles. The maximum atomic E-state index is 12.9. The Balaban J connectivity index is 1.58. The summed E-state index contributed by atoms with van der Waals surface area (Å²) in [6.45, 7) is 2.04. The number of ether oxygens (including phenoxy) is 1. The molecule has 11 heteroatoms. The van der Waals surface area contributed by atoms with Gasteiger partial charge in [-0.1, -0.05) is 47.5 Å². The summed E-state index contributed by atoms with van der Waals surface area (Å²) in [4.78, 5) is 26.7. The van der Waals surface area contributed by atoms with E-state index in [4.69, 9.17) is 32.1 Å². The van der Waals surface area contributed by atoms with E-state index in [9.17, 15) is 18.0 Å². The van der Waals surface area contributed by atoms with Crippen LogP contribution in [0.2, 0.25) is 10.0 Å². The Bertz CT molecular complexity index is 1460. The lowest BCUT2D eigenvalue weighted by Crippen LogP contribution is -2.27. The van der Waals surface area contributed by atoms with Crippen LogP contribution in [-0.2, 0) is 21.5 Å². The monoisotopic (exact) mass is 563 g/mol. The van der Waals surface area contributed by atoms with Gasteiger partial charge in [0.15, 0.2) is 11.5 Å². The fourth-order valence-corrected chi connectivity index (χ4v) is 5.40. The van der Waals surface area contributed by atoms with E-state index in [1.54, 1.807) is 37.3 Å². The molecule has 186 valence electrons. The zero-order chi connectivity index (χ0) is 25.9. The van der Waals surface area contributed by atoms with Crippen molar-refractivity contribution in [2.24, 2.45) is 0 Å². The summed E-state index contributed by atoms with van der Waals surface area (Å²) in [6, 6.07) is 17.1. The molecule has 3 aromatic rings. The molecule has 0 radical (unpaired) electrons. The van der Waals surface area contributed by atoms with Crippen LogP contribution in [0.15, 0.2) is 76.5 Å². The number of benzene rings is 3. The molecule has 4 rings (SSSR count). The largest absolute Gasteiger partial charge is 0.490 e. The van der Waals surface area contributed by atoms with Crippen molar-refractivity contribution in [3.8, 4) is 11.5 Å². The minimum Gasteiger partial charge on any atom is -0.490 e. The fourth-order valence-electron chi connectivity index (χ4n) is 3.30. The van der Waals surface area contributed by atoms with Gasteiger partial charge in [0, 0.05) is 10.0 Å². The highest BCUT2D eigenvalue weighted by Gasteiger charge is 2.35. The second-order valence-electron chi connectivity index (χ2n) is 7.49. The van der Waals surface area contributed by atoms with Gasteiger partial charge in [0.2, 0.25) is 0 Å². The highest BCUT2D eigenvalue weighted by molar-refractivity contribution is 8.18. The quantitative estimate of drug-likeness (QED) is 0.231. The Morgan fingerprint density at radius 2 is 1.69 bits per heavy atom. The molecular formula is C25H19Cl2NO6S2. The number of amides is 2. The molecule has 0 aliphatic carbocycles. The van der Waals surface area contributed by atoms with E-state index in [1.807, 2.05) is 0 Å². The van der Waals surface area contributed by atoms with Gasteiger partial charge in [-0.05, 0) is 78.4 Å². The summed E-state index contributed by atoms with van der Waals surface area (Å²) < 4.78 is 36.3. The van der Waals surface area contributed by atoms with Gasteiger partial charge in [-0.3, -0.25) is 14.5 Å². The van der Waals surface area contributed by atoms with E-state index in [0.29, 0.717) is 21.2 Å². The number of carbonyl (C=O) groups is 2. The minimum absolute atomic E-state index is 0.0178. The van der Waals surface area contributed by atoms with Crippen LogP contribution in [0.5, 0.6) is 11.5 Å². The van der Waals surface area contributed by atoms with Crippen LogP contribution in [0, 0.1) is 0 Å². The van der Waals surface area contributed by atoms with E-state index in [2.05, 4.69) is 0 Å². The first-order valence-electron chi connectivity index (χ1n) is 10.6. The lowest BCUT2D eigenvalue weighted by atomic mass is 10.1. The summed E-state index contributed by atoms with van der Waals surface area (Å²) in [6.07, 6.45) is 1.54. The number of carbonyl (C=O) groups excluding carboxylic acids is 2. The summed E-state index contributed by atoms with van der Waals surface area (Å²) in [5, 5.41) is 0.445. The van der Waals surface area contributed by atoms with Crippen molar-refractivity contribution in [2.75, 3.05) is 6.61 Å². The molecule has 0 bridgehead atoms. The second kappa shape index (κ2) is 11.0. The van der Waals surface area contributed by atoms with Crippen LogP contribution >= 0.6 is 35.0 Å². The molecule has 0 saturated carbocycles. The van der Waals surface area contributed by atoms with Crippen molar-refractivity contribution in [3.05, 3.63) is 92.8 Å². The van der Waals surface area contributed by atoms with Gasteiger partial charge in [-0.25, -0.2) is 0 Å². The Kier molecular flexibility index (Phi) is 7.94. The molecule has 0 atom stereocenters. The molecule has 3 aromatic carbocycles.